The summed E-state index contributed by atoms with van der Waals surface area (Å²) in [7, 11) is 0. The number of hydrogen-bond acceptors (Lipinski definition) is 6. The fraction of sp³-hybridized carbons (Fsp3) is 0.321. The predicted octanol–water partition coefficient (Wildman–Crippen LogP) is 5.54. The van der Waals surface area contributed by atoms with Crippen LogP contribution in [0.3, 0.4) is 0 Å². The number of alkyl halides is 6. The molecule has 0 aliphatic carbocycles. The number of hydrogen-bond donors (Lipinski definition) is 3. The van der Waals surface area contributed by atoms with Crippen LogP contribution in [0.4, 0.5) is 34.9 Å². The zero-order chi connectivity index (χ0) is 30.6. The van der Waals surface area contributed by atoms with Gasteiger partial charge in [0.2, 0.25) is 0 Å². The second-order valence-electron chi connectivity index (χ2n) is 10.5. The molecule has 2 aromatic carbocycles. The van der Waals surface area contributed by atoms with E-state index in [0.29, 0.717) is 23.5 Å². The summed E-state index contributed by atoms with van der Waals surface area (Å²) in [6, 6.07) is 14.1. The van der Waals surface area contributed by atoms with Crippen LogP contribution in [0.15, 0.2) is 48.5 Å². The first-order chi connectivity index (χ1) is 19.6. The summed E-state index contributed by atoms with van der Waals surface area (Å²) in [5.74, 6) is -1.40. The van der Waals surface area contributed by atoms with Gasteiger partial charge in [0, 0.05) is 5.69 Å². The first-order valence-electron chi connectivity index (χ1n) is 12.8. The Morgan fingerprint density at radius 2 is 1.81 bits per heavy atom. The number of carbonyl (C=O) groups is 2. The number of amides is 2. The quantitative estimate of drug-likeness (QED) is 0.101. The number of nitrogen functional groups attached to an aromatic ring is 1. The maximum atomic E-state index is 14.5. The van der Waals surface area contributed by atoms with Gasteiger partial charge in [0.15, 0.2) is 0 Å². The number of aromatic nitrogens is 4. The minimum absolute atomic E-state index is 0.00189. The van der Waals surface area contributed by atoms with Gasteiger partial charge in [-0.25, -0.2) is 0 Å². The van der Waals surface area contributed by atoms with Gasteiger partial charge in [0.1, 0.15) is 0 Å². The van der Waals surface area contributed by atoms with Crippen LogP contribution in [0, 0.1) is 3.57 Å². The Morgan fingerprint density at radius 1 is 1.12 bits per heavy atom. The average molecular weight is 697 g/mol. The number of halogens is 5. The van der Waals surface area contributed by atoms with E-state index < -0.39 is 55.3 Å². The Morgan fingerprint density at radius 3 is 2.45 bits per heavy atom. The number of carbonyl (C=O) groups excluding carboxylic acids is 2. The van der Waals surface area contributed by atoms with Crippen LogP contribution in [-0.4, -0.2) is 53.3 Å². The molecule has 0 spiro atoms. The SMILES string of the molecule is CI(C)c1ccc2c(-c3nc(N)c4c(n3)NC(=O)C4(C)C(=O)Nc3ccccc3)nn(CCC(C)(F)C(F)(F)F)c2c1. The summed E-state index contributed by atoms with van der Waals surface area (Å²) < 4.78 is 56.6. The number of para-hydroxylation sites is 1. The van der Waals surface area contributed by atoms with Gasteiger partial charge in [0.05, 0.1) is 0 Å². The molecule has 4 N–H and O–H groups in total. The van der Waals surface area contributed by atoms with E-state index in [1.54, 1.807) is 36.4 Å². The van der Waals surface area contributed by atoms with Gasteiger partial charge < -0.3 is 0 Å². The third-order valence-electron chi connectivity index (χ3n) is 7.35. The molecule has 2 aromatic heterocycles. The van der Waals surface area contributed by atoms with Gasteiger partial charge in [-0.2, -0.15) is 0 Å². The molecule has 1 aliphatic heterocycles. The first kappa shape index (κ1) is 29.7. The molecule has 0 fully saturated rings. The van der Waals surface area contributed by atoms with Gasteiger partial charge in [-0.15, -0.1) is 0 Å². The molecule has 0 saturated carbocycles. The molecule has 0 bridgehead atoms. The van der Waals surface area contributed by atoms with E-state index in [2.05, 4.69) is 35.6 Å². The van der Waals surface area contributed by atoms with Crippen molar-refractivity contribution in [1.82, 2.24) is 19.7 Å². The summed E-state index contributed by atoms with van der Waals surface area (Å²) >= 11 is -1.49. The number of anilines is 3. The fourth-order valence-corrected chi connectivity index (χ4v) is 6.50. The van der Waals surface area contributed by atoms with Crippen LogP contribution >= 0.6 is 19.8 Å². The standard InChI is InChI=1S/C28H28F4IN7O2/c1-26(29,28(30,31)32)12-13-40-18-14-15(33(3)4)10-11-17(18)20(39-40)23-36-21(34)19-22(37-23)38-25(42)27(19,2)24(41)35-16-8-6-5-7-9-16/h5-11,14H,12-13H2,1-4H3,(H,35,41)(H3,34,36,37,38,42). The molecular weight excluding hydrogens is 669 g/mol. The van der Waals surface area contributed by atoms with Crippen LogP contribution in [0.5, 0.6) is 0 Å². The minimum atomic E-state index is -5.04. The fourth-order valence-electron chi connectivity index (χ4n) is 4.68. The molecule has 222 valence electrons. The number of rotatable bonds is 7. The van der Waals surface area contributed by atoms with Crippen molar-refractivity contribution < 1.29 is 27.2 Å². The van der Waals surface area contributed by atoms with Crippen molar-refractivity contribution in [3.63, 3.8) is 0 Å². The molecule has 9 nitrogen and oxygen atoms in total. The van der Waals surface area contributed by atoms with Crippen molar-refractivity contribution in [2.24, 2.45) is 0 Å². The van der Waals surface area contributed by atoms with Crippen molar-refractivity contribution in [3.8, 4) is 11.5 Å². The van der Waals surface area contributed by atoms with E-state index in [-0.39, 0.29) is 35.3 Å². The van der Waals surface area contributed by atoms with Crippen LogP contribution in [0.1, 0.15) is 25.8 Å². The zero-order valence-corrected chi connectivity index (χ0v) is 25.3. The van der Waals surface area contributed by atoms with E-state index in [1.165, 1.54) is 11.6 Å². The second kappa shape index (κ2) is 10.5. The van der Waals surface area contributed by atoms with Crippen LogP contribution in [-0.2, 0) is 21.5 Å². The summed E-state index contributed by atoms with van der Waals surface area (Å²) in [4.78, 5) is 39.5. The molecule has 14 heteroatoms. The molecule has 5 rings (SSSR count). The monoisotopic (exact) mass is 697 g/mol. The van der Waals surface area contributed by atoms with E-state index in [0.717, 1.165) is 3.57 Å². The average Bonchev–Trinajstić information content (AvgIpc) is 3.42. The third kappa shape index (κ3) is 5.05. The number of fused-ring (bicyclic) bond motifs is 2. The van der Waals surface area contributed by atoms with Gasteiger partial charge in [0.25, 0.3) is 0 Å². The van der Waals surface area contributed by atoms with Gasteiger partial charge in [-0.1, -0.05) is 18.2 Å². The van der Waals surface area contributed by atoms with Crippen LogP contribution in [0.25, 0.3) is 22.4 Å². The van der Waals surface area contributed by atoms with E-state index in [1.807, 2.05) is 12.1 Å². The number of nitrogens with two attached hydrogens (primary N) is 1. The third-order valence-corrected chi connectivity index (χ3v) is 10.5. The van der Waals surface area contributed by atoms with Crippen molar-refractivity contribution in [3.05, 3.63) is 57.7 Å². The van der Waals surface area contributed by atoms with Gasteiger partial charge in [-0.3, -0.25) is 0 Å². The number of benzene rings is 2. The van der Waals surface area contributed by atoms with E-state index >= 15 is 0 Å². The molecule has 42 heavy (non-hydrogen) atoms. The number of aryl methyl sites for hydroxylation is 1. The summed E-state index contributed by atoms with van der Waals surface area (Å²) in [6.45, 7) is 1.57. The van der Waals surface area contributed by atoms with Crippen molar-refractivity contribution in [2.75, 3.05) is 26.2 Å². The molecule has 0 radical (unpaired) electrons. The first-order valence-corrected chi connectivity index (χ1v) is 18.2. The zero-order valence-electron chi connectivity index (χ0n) is 23.1. The number of nitrogens with one attached hydrogen (secondary N) is 2. The van der Waals surface area contributed by atoms with E-state index in [4.69, 9.17) is 5.73 Å². The number of nitrogens with zero attached hydrogens (tertiary/aromatic N) is 4. The van der Waals surface area contributed by atoms with Crippen molar-refractivity contribution in [2.45, 2.75) is 44.1 Å². The molecule has 0 saturated heterocycles. The molecule has 2 unspecified atom stereocenters. The van der Waals surface area contributed by atoms with Crippen molar-refractivity contribution in [1.29, 1.82) is 0 Å². The molecule has 3 heterocycles. The summed E-state index contributed by atoms with van der Waals surface area (Å²) in [5.41, 5.74) is 2.46. The maximum absolute atomic E-state index is 14.5. The molecule has 2 amide bonds. The topological polar surface area (TPSA) is 128 Å². The normalized spacial score (nSPS) is 18.4. The Labute approximate surface area is 245 Å². The molecule has 1 aliphatic rings. The van der Waals surface area contributed by atoms with Crippen molar-refractivity contribution >= 4 is 59.9 Å². The Kier molecular flexibility index (Phi) is 7.39. The molecular formula is C28H28F4IN7O2. The Balaban J connectivity index is 1.57. The second-order valence-corrected chi connectivity index (χ2v) is 16.1. The van der Waals surface area contributed by atoms with Crippen LogP contribution < -0.4 is 16.4 Å². The van der Waals surface area contributed by atoms with Gasteiger partial charge in [-0.05, 0) is 12.1 Å². The van der Waals surface area contributed by atoms with Crippen LogP contribution in [0.2, 0.25) is 0 Å². The Bertz CT molecular complexity index is 1710. The van der Waals surface area contributed by atoms with E-state index in [9.17, 15) is 27.2 Å². The summed E-state index contributed by atoms with van der Waals surface area (Å²) in [6.07, 6.45) is -5.89. The predicted molar refractivity (Wildman–Crippen MR) is 161 cm³/mol. The Hall–Kier alpha value is -3.82. The van der Waals surface area contributed by atoms with Gasteiger partial charge >= 0.3 is 210 Å². The summed E-state index contributed by atoms with van der Waals surface area (Å²) in [5, 5.41) is 10.3. The molecule has 2 atom stereocenters. The molecule has 4 aromatic rings.